The number of fused-ring (bicyclic) bond motifs is 1. The summed E-state index contributed by atoms with van der Waals surface area (Å²) in [6.07, 6.45) is 1.15. The Morgan fingerprint density at radius 3 is 2.81 bits per heavy atom. The van der Waals surface area contributed by atoms with E-state index in [1.54, 1.807) is 31.3 Å². The Morgan fingerprint density at radius 1 is 1.30 bits per heavy atom. The Kier molecular flexibility index (Phi) is 5.86. The summed E-state index contributed by atoms with van der Waals surface area (Å²) in [7, 11) is 0. The van der Waals surface area contributed by atoms with Gasteiger partial charge in [0.25, 0.3) is 0 Å². The van der Waals surface area contributed by atoms with Gasteiger partial charge in [-0.1, -0.05) is 17.7 Å². The summed E-state index contributed by atoms with van der Waals surface area (Å²) < 4.78 is 13.2. The number of nitrogens with zero attached hydrogens (tertiary/aromatic N) is 1. The second-order valence-corrected chi connectivity index (χ2v) is 8.64. The molecule has 2 heterocycles. The summed E-state index contributed by atoms with van der Waals surface area (Å²) in [6.45, 7) is 4.92. The molecule has 1 N–H and O–H groups in total. The van der Waals surface area contributed by atoms with Gasteiger partial charge in [-0.2, -0.15) is 0 Å². The lowest BCUT2D eigenvalue weighted by Crippen LogP contribution is -2.42. The minimum atomic E-state index is -0.762. The number of amides is 2. The largest absolute Gasteiger partial charge is 0.347 e. The lowest BCUT2D eigenvalue weighted by molar-refractivity contribution is -0.134. The fraction of sp³-hybridized carbons (Fsp3) is 0.400. The van der Waals surface area contributed by atoms with Gasteiger partial charge in [0.1, 0.15) is 5.82 Å². The molecular weight excluding hydrogens is 387 g/mol. The van der Waals surface area contributed by atoms with Gasteiger partial charge in [-0.15, -0.1) is 11.3 Å². The summed E-state index contributed by atoms with van der Waals surface area (Å²) >= 11 is 7.83. The third-order valence-electron chi connectivity index (χ3n) is 4.78. The highest BCUT2D eigenvalue weighted by atomic mass is 35.5. The lowest BCUT2D eigenvalue weighted by Gasteiger charge is -2.29. The van der Waals surface area contributed by atoms with Crippen molar-refractivity contribution in [3.8, 4) is 0 Å². The van der Waals surface area contributed by atoms with E-state index in [2.05, 4.69) is 16.8 Å². The fourth-order valence-electron chi connectivity index (χ4n) is 3.31. The van der Waals surface area contributed by atoms with Crippen LogP contribution in [0.3, 0.4) is 0 Å². The van der Waals surface area contributed by atoms with Gasteiger partial charge in [0, 0.05) is 35.8 Å². The van der Waals surface area contributed by atoms with Crippen LogP contribution < -0.4 is 5.32 Å². The van der Waals surface area contributed by atoms with Gasteiger partial charge in [0.2, 0.25) is 11.8 Å². The van der Waals surface area contributed by atoms with E-state index in [4.69, 9.17) is 11.6 Å². The molecule has 2 aromatic rings. The van der Waals surface area contributed by atoms with Crippen LogP contribution in [0.5, 0.6) is 0 Å². The van der Waals surface area contributed by atoms with Crippen molar-refractivity contribution in [3.05, 3.63) is 56.5 Å². The van der Waals surface area contributed by atoms with Gasteiger partial charge in [-0.25, -0.2) is 4.39 Å². The maximum atomic E-state index is 13.2. The number of nitrogens with one attached hydrogen (secondary N) is 1. The van der Waals surface area contributed by atoms with Crippen molar-refractivity contribution < 1.29 is 14.0 Å². The molecule has 1 aromatic heterocycles. The van der Waals surface area contributed by atoms with Gasteiger partial charge in [0.05, 0.1) is 5.54 Å². The first kappa shape index (κ1) is 19.8. The van der Waals surface area contributed by atoms with Crippen molar-refractivity contribution in [1.29, 1.82) is 0 Å². The van der Waals surface area contributed by atoms with Crippen LogP contribution in [-0.4, -0.2) is 23.3 Å². The molecule has 7 heteroatoms. The van der Waals surface area contributed by atoms with Crippen LogP contribution in [0.4, 0.5) is 4.39 Å². The lowest BCUT2D eigenvalue weighted by atomic mass is 9.94. The Balaban J connectivity index is 1.54. The van der Waals surface area contributed by atoms with Crippen LogP contribution in [-0.2, 0) is 28.1 Å². The van der Waals surface area contributed by atoms with Gasteiger partial charge in [0.15, 0.2) is 0 Å². The Bertz CT molecular complexity index is 865. The number of rotatable bonds is 5. The minimum Gasteiger partial charge on any atom is -0.347 e. The summed E-state index contributed by atoms with van der Waals surface area (Å²) in [4.78, 5) is 28.0. The first-order valence-electron chi connectivity index (χ1n) is 8.86. The molecule has 3 rings (SSSR count). The molecule has 0 saturated heterocycles. The number of carbonyl (C=O) groups excluding carboxylic acids is 2. The van der Waals surface area contributed by atoms with Crippen LogP contribution in [0.1, 0.15) is 42.7 Å². The molecule has 1 aliphatic rings. The highest BCUT2D eigenvalue weighted by molar-refractivity contribution is 7.10. The first-order chi connectivity index (χ1) is 12.8. The van der Waals surface area contributed by atoms with Crippen molar-refractivity contribution in [1.82, 2.24) is 10.2 Å². The number of halogens is 2. The zero-order valence-corrected chi connectivity index (χ0v) is 16.9. The van der Waals surface area contributed by atoms with Crippen LogP contribution in [0.2, 0.25) is 5.02 Å². The van der Waals surface area contributed by atoms with Gasteiger partial charge >= 0.3 is 0 Å². The van der Waals surface area contributed by atoms with Gasteiger partial charge in [-0.3, -0.25) is 9.59 Å². The highest BCUT2D eigenvalue weighted by Crippen LogP contribution is 2.29. The second-order valence-electron chi connectivity index (χ2n) is 7.23. The molecule has 1 aromatic carbocycles. The van der Waals surface area contributed by atoms with E-state index in [-0.39, 0.29) is 29.7 Å². The molecule has 0 fully saturated rings. The maximum absolute atomic E-state index is 13.2. The Hall–Kier alpha value is -1.92. The van der Waals surface area contributed by atoms with Crippen LogP contribution in [0, 0.1) is 5.82 Å². The normalized spacial score (nSPS) is 14.0. The second kappa shape index (κ2) is 7.98. The molecule has 0 saturated carbocycles. The first-order valence-corrected chi connectivity index (χ1v) is 10.1. The standard InChI is InChI=1S/C20H22ClFN2O2S/c1-20(2,15-4-3-14(22)11-16(15)21)23-18(25)5-6-19(26)24-9-7-17-13(12-24)8-10-27-17/h3-4,8,10-11H,5-7,9,12H2,1-2H3,(H,23,25). The number of hydrogen-bond acceptors (Lipinski definition) is 3. The van der Waals surface area contributed by atoms with Crippen molar-refractivity contribution in [3.63, 3.8) is 0 Å². The maximum Gasteiger partial charge on any atom is 0.223 e. The number of benzene rings is 1. The van der Waals surface area contributed by atoms with E-state index >= 15 is 0 Å². The summed E-state index contributed by atoms with van der Waals surface area (Å²) in [6, 6.07) is 6.16. The summed E-state index contributed by atoms with van der Waals surface area (Å²) in [5.41, 5.74) is 1.07. The third-order valence-corrected chi connectivity index (χ3v) is 6.12. The molecule has 2 amide bonds. The molecule has 0 aliphatic carbocycles. The van der Waals surface area contributed by atoms with Gasteiger partial charge < -0.3 is 10.2 Å². The number of thiophene rings is 1. The molecule has 0 bridgehead atoms. The molecule has 0 spiro atoms. The summed E-state index contributed by atoms with van der Waals surface area (Å²) in [5, 5.41) is 5.20. The third kappa shape index (κ3) is 4.68. The quantitative estimate of drug-likeness (QED) is 0.803. The average Bonchev–Trinajstić information content (AvgIpc) is 3.06. The smallest absolute Gasteiger partial charge is 0.223 e. The number of hydrogen-bond donors (Lipinski definition) is 1. The van der Waals surface area contributed by atoms with E-state index in [1.165, 1.54) is 22.6 Å². The molecule has 4 nitrogen and oxygen atoms in total. The van der Waals surface area contributed by atoms with E-state index in [0.29, 0.717) is 18.7 Å². The molecule has 0 unspecified atom stereocenters. The molecule has 1 aliphatic heterocycles. The van der Waals surface area contributed by atoms with Gasteiger partial charge in [-0.05, 0) is 55.0 Å². The predicted molar refractivity (Wildman–Crippen MR) is 105 cm³/mol. The van der Waals surface area contributed by atoms with E-state index in [9.17, 15) is 14.0 Å². The minimum absolute atomic E-state index is 0.0142. The molecule has 27 heavy (non-hydrogen) atoms. The summed E-state index contributed by atoms with van der Waals surface area (Å²) in [5.74, 6) is -0.673. The van der Waals surface area contributed by atoms with Crippen molar-refractivity contribution in [2.45, 2.75) is 45.2 Å². The van der Waals surface area contributed by atoms with Crippen molar-refractivity contribution in [2.75, 3.05) is 6.54 Å². The monoisotopic (exact) mass is 408 g/mol. The van der Waals surface area contributed by atoms with Crippen molar-refractivity contribution in [2.24, 2.45) is 0 Å². The zero-order valence-electron chi connectivity index (χ0n) is 15.4. The average molecular weight is 409 g/mol. The fourth-order valence-corrected chi connectivity index (χ4v) is 4.61. The highest BCUT2D eigenvalue weighted by Gasteiger charge is 2.27. The molecule has 0 radical (unpaired) electrons. The molecule has 0 atom stereocenters. The number of carbonyl (C=O) groups is 2. The van der Waals surface area contributed by atoms with E-state index < -0.39 is 11.4 Å². The van der Waals surface area contributed by atoms with E-state index in [0.717, 1.165) is 6.42 Å². The van der Waals surface area contributed by atoms with Crippen LogP contribution in [0.15, 0.2) is 29.6 Å². The molecular formula is C20H22ClFN2O2S. The Labute approximate surface area is 167 Å². The predicted octanol–water partition coefficient (Wildman–Crippen LogP) is 4.26. The van der Waals surface area contributed by atoms with Crippen LogP contribution >= 0.6 is 22.9 Å². The zero-order chi connectivity index (χ0) is 19.6. The molecule has 144 valence electrons. The Morgan fingerprint density at radius 2 is 2.07 bits per heavy atom. The SMILES string of the molecule is CC(C)(NC(=O)CCC(=O)N1CCc2sccc2C1)c1ccc(F)cc1Cl. The topological polar surface area (TPSA) is 49.4 Å². The van der Waals surface area contributed by atoms with Crippen LogP contribution in [0.25, 0.3) is 0 Å². The van der Waals surface area contributed by atoms with Crippen molar-refractivity contribution >= 4 is 34.8 Å². The van der Waals surface area contributed by atoms with E-state index in [1.807, 2.05) is 4.90 Å².